The number of rotatable bonds is 5. The maximum absolute atomic E-state index is 13.1. The van der Waals surface area contributed by atoms with Gasteiger partial charge in [0.15, 0.2) is 16.6 Å². The zero-order valence-corrected chi connectivity index (χ0v) is 17.1. The van der Waals surface area contributed by atoms with Gasteiger partial charge in [0.05, 0.1) is 25.8 Å². The van der Waals surface area contributed by atoms with Crippen LogP contribution in [-0.2, 0) is 4.79 Å². The summed E-state index contributed by atoms with van der Waals surface area (Å²) in [5.74, 6) is 1.00. The zero-order chi connectivity index (χ0) is 20.3. The van der Waals surface area contributed by atoms with E-state index >= 15 is 0 Å². The van der Waals surface area contributed by atoms with Gasteiger partial charge in [0, 0.05) is 11.4 Å². The predicted molar refractivity (Wildman–Crippen MR) is 114 cm³/mol. The zero-order valence-electron chi connectivity index (χ0n) is 16.3. The van der Waals surface area contributed by atoms with Crippen LogP contribution in [0.1, 0.15) is 24.1 Å². The molecule has 0 bridgehead atoms. The third-order valence-electron chi connectivity index (χ3n) is 4.53. The SMILES string of the molecule is COc1ccc([C@H]2NC(=S)NC(C)=C2C(=O)Nc2cccc(C)c2)cc1OC. The second-order valence-corrected chi connectivity index (χ2v) is 6.92. The van der Waals surface area contributed by atoms with E-state index < -0.39 is 6.04 Å². The lowest BCUT2D eigenvalue weighted by molar-refractivity contribution is -0.113. The molecule has 1 atom stereocenters. The van der Waals surface area contributed by atoms with Gasteiger partial charge in [0.1, 0.15) is 0 Å². The average molecular weight is 398 g/mol. The van der Waals surface area contributed by atoms with Crippen molar-refractivity contribution in [1.29, 1.82) is 0 Å². The van der Waals surface area contributed by atoms with E-state index in [0.29, 0.717) is 27.9 Å². The summed E-state index contributed by atoms with van der Waals surface area (Å²) in [5, 5.41) is 9.66. The van der Waals surface area contributed by atoms with Crippen LogP contribution in [0.3, 0.4) is 0 Å². The van der Waals surface area contributed by atoms with Crippen LogP contribution < -0.4 is 25.4 Å². The van der Waals surface area contributed by atoms with E-state index in [0.717, 1.165) is 16.8 Å². The van der Waals surface area contributed by atoms with Crippen LogP contribution >= 0.6 is 12.2 Å². The molecule has 1 amide bonds. The molecule has 0 saturated carbocycles. The van der Waals surface area contributed by atoms with Crippen molar-refractivity contribution in [3.05, 3.63) is 64.9 Å². The Morgan fingerprint density at radius 3 is 2.50 bits per heavy atom. The number of aryl methyl sites for hydroxylation is 1. The van der Waals surface area contributed by atoms with Crippen LogP contribution in [0.4, 0.5) is 5.69 Å². The maximum atomic E-state index is 13.1. The van der Waals surface area contributed by atoms with Crippen LogP contribution in [0.5, 0.6) is 11.5 Å². The topological polar surface area (TPSA) is 71.6 Å². The molecule has 1 heterocycles. The summed E-state index contributed by atoms with van der Waals surface area (Å²) in [7, 11) is 3.16. The third kappa shape index (κ3) is 4.09. The summed E-state index contributed by atoms with van der Waals surface area (Å²) in [5.41, 5.74) is 3.91. The van der Waals surface area contributed by atoms with Gasteiger partial charge in [-0.2, -0.15) is 0 Å². The second kappa shape index (κ2) is 8.31. The highest BCUT2D eigenvalue weighted by Gasteiger charge is 2.30. The van der Waals surface area contributed by atoms with Gasteiger partial charge in [-0.15, -0.1) is 0 Å². The molecule has 28 heavy (non-hydrogen) atoms. The maximum Gasteiger partial charge on any atom is 0.255 e. The van der Waals surface area contributed by atoms with Gasteiger partial charge in [-0.1, -0.05) is 18.2 Å². The van der Waals surface area contributed by atoms with Crippen LogP contribution in [0, 0.1) is 6.92 Å². The lowest BCUT2D eigenvalue weighted by Crippen LogP contribution is -2.45. The highest BCUT2D eigenvalue weighted by molar-refractivity contribution is 7.80. The van der Waals surface area contributed by atoms with Gasteiger partial charge in [0.25, 0.3) is 5.91 Å². The van der Waals surface area contributed by atoms with Gasteiger partial charge in [-0.25, -0.2) is 0 Å². The average Bonchev–Trinajstić information content (AvgIpc) is 2.66. The molecule has 0 aliphatic carbocycles. The Bertz CT molecular complexity index is 956. The first-order valence-electron chi connectivity index (χ1n) is 8.81. The molecule has 0 aromatic heterocycles. The predicted octanol–water partition coefficient (Wildman–Crippen LogP) is 3.44. The van der Waals surface area contributed by atoms with E-state index in [1.807, 2.05) is 56.3 Å². The molecule has 0 fully saturated rings. The fraction of sp³-hybridized carbons (Fsp3) is 0.238. The highest BCUT2D eigenvalue weighted by Crippen LogP contribution is 2.34. The first-order valence-corrected chi connectivity index (χ1v) is 9.22. The summed E-state index contributed by atoms with van der Waals surface area (Å²) < 4.78 is 10.7. The van der Waals surface area contributed by atoms with Crippen LogP contribution in [0.15, 0.2) is 53.7 Å². The minimum Gasteiger partial charge on any atom is -0.493 e. The lowest BCUT2D eigenvalue weighted by Gasteiger charge is -2.30. The van der Waals surface area contributed by atoms with Crippen molar-refractivity contribution in [2.75, 3.05) is 19.5 Å². The van der Waals surface area contributed by atoms with Gasteiger partial charge in [-0.3, -0.25) is 4.79 Å². The molecule has 0 unspecified atom stereocenters. The van der Waals surface area contributed by atoms with E-state index in [1.54, 1.807) is 14.2 Å². The first-order chi connectivity index (χ1) is 13.4. The van der Waals surface area contributed by atoms with E-state index in [-0.39, 0.29) is 5.91 Å². The number of carbonyl (C=O) groups is 1. The van der Waals surface area contributed by atoms with E-state index in [9.17, 15) is 4.79 Å². The van der Waals surface area contributed by atoms with Crippen molar-refractivity contribution in [2.45, 2.75) is 19.9 Å². The van der Waals surface area contributed by atoms with Crippen LogP contribution in [0.25, 0.3) is 0 Å². The number of ether oxygens (including phenoxy) is 2. The summed E-state index contributed by atoms with van der Waals surface area (Å²) in [6.45, 7) is 3.82. The molecule has 0 spiro atoms. The number of amides is 1. The Morgan fingerprint density at radius 1 is 1.07 bits per heavy atom. The molecule has 6 nitrogen and oxygen atoms in total. The third-order valence-corrected chi connectivity index (χ3v) is 4.75. The van der Waals surface area contributed by atoms with Crippen molar-refractivity contribution < 1.29 is 14.3 Å². The monoisotopic (exact) mass is 397 g/mol. The number of methoxy groups -OCH3 is 2. The smallest absolute Gasteiger partial charge is 0.255 e. The quantitative estimate of drug-likeness (QED) is 0.672. The summed E-state index contributed by atoms with van der Waals surface area (Å²) in [4.78, 5) is 13.1. The number of thiocarbonyl (C=S) groups is 1. The molecule has 0 radical (unpaired) electrons. The molecule has 146 valence electrons. The Hall–Kier alpha value is -3.06. The molecule has 0 saturated heterocycles. The minimum absolute atomic E-state index is 0.203. The number of hydrogen-bond donors (Lipinski definition) is 3. The number of anilines is 1. The summed E-state index contributed by atoms with van der Waals surface area (Å²) in [6.07, 6.45) is 0. The Labute approximate surface area is 169 Å². The molecule has 2 aromatic rings. The fourth-order valence-electron chi connectivity index (χ4n) is 3.20. The van der Waals surface area contributed by atoms with Crippen molar-refractivity contribution in [3.63, 3.8) is 0 Å². The van der Waals surface area contributed by atoms with Gasteiger partial charge >= 0.3 is 0 Å². The molecular weight excluding hydrogens is 374 g/mol. The number of nitrogens with one attached hydrogen (secondary N) is 3. The number of allylic oxidation sites excluding steroid dienone is 1. The fourth-order valence-corrected chi connectivity index (χ4v) is 3.47. The first kappa shape index (κ1) is 19.7. The lowest BCUT2D eigenvalue weighted by atomic mass is 9.94. The molecule has 3 N–H and O–H groups in total. The minimum atomic E-state index is -0.418. The van der Waals surface area contributed by atoms with Crippen molar-refractivity contribution in [3.8, 4) is 11.5 Å². The molecule has 2 aromatic carbocycles. The standard InChI is InChI=1S/C21H23N3O3S/c1-12-6-5-7-15(10-12)23-20(25)18-13(2)22-21(28)24-19(18)14-8-9-16(26-3)17(11-14)27-4/h5-11,19H,1-4H3,(H,23,25)(H2,22,24,28)/t19-/m1/s1. The molecule has 1 aliphatic heterocycles. The molecule has 3 rings (SSSR count). The molecule has 1 aliphatic rings. The number of carbonyl (C=O) groups excluding carboxylic acids is 1. The van der Waals surface area contributed by atoms with Crippen molar-refractivity contribution >= 4 is 28.9 Å². The Kier molecular flexibility index (Phi) is 5.84. The Balaban J connectivity index is 1.98. The second-order valence-electron chi connectivity index (χ2n) is 6.51. The van der Waals surface area contributed by atoms with Gasteiger partial charge in [-0.05, 0) is 61.5 Å². The normalized spacial score (nSPS) is 16.1. The highest BCUT2D eigenvalue weighted by atomic mass is 32.1. The van der Waals surface area contributed by atoms with Crippen molar-refractivity contribution in [1.82, 2.24) is 10.6 Å². The van der Waals surface area contributed by atoms with E-state index in [4.69, 9.17) is 21.7 Å². The van der Waals surface area contributed by atoms with Crippen LogP contribution in [0.2, 0.25) is 0 Å². The number of benzene rings is 2. The van der Waals surface area contributed by atoms with Crippen molar-refractivity contribution in [2.24, 2.45) is 0 Å². The van der Waals surface area contributed by atoms with Gasteiger partial charge < -0.3 is 25.4 Å². The number of hydrogen-bond acceptors (Lipinski definition) is 4. The van der Waals surface area contributed by atoms with Crippen LogP contribution in [-0.4, -0.2) is 25.2 Å². The summed E-state index contributed by atoms with van der Waals surface area (Å²) >= 11 is 5.31. The van der Waals surface area contributed by atoms with E-state index in [2.05, 4.69) is 16.0 Å². The Morgan fingerprint density at radius 2 is 1.82 bits per heavy atom. The molecular formula is C21H23N3O3S. The largest absolute Gasteiger partial charge is 0.493 e. The molecule has 7 heteroatoms. The van der Waals surface area contributed by atoms with E-state index in [1.165, 1.54) is 0 Å². The summed E-state index contributed by atoms with van der Waals surface area (Å²) in [6, 6.07) is 12.8. The van der Waals surface area contributed by atoms with Gasteiger partial charge in [0.2, 0.25) is 0 Å².